The molecule has 150 valence electrons. The molecule has 0 unspecified atom stereocenters. The zero-order chi connectivity index (χ0) is 20.4. The number of hydrogen-bond acceptors (Lipinski definition) is 5. The molecule has 2 N–H and O–H groups in total. The molecule has 0 radical (unpaired) electrons. The highest BCUT2D eigenvalue weighted by molar-refractivity contribution is 7.99. The number of thioether (sulfide) groups is 1. The Hall–Kier alpha value is -2.67. The second-order valence-electron chi connectivity index (χ2n) is 6.18. The van der Waals surface area contributed by atoms with Crippen molar-refractivity contribution < 1.29 is 19.1 Å². The molecule has 1 atom stereocenters. The Morgan fingerprint density at radius 1 is 1.00 bits per heavy atom. The van der Waals surface area contributed by atoms with Crippen LogP contribution in [0.4, 0.5) is 0 Å². The Balaban J connectivity index is 1.67. The molecule has 0 bridgehead atoms. The maximum absolute atomic E-state index is 12.1. The minimum absolute atomic E-state index is 0.252. The van der Waals surface area contributed by atoms with Gasteiger partial charge in [-0.2, -0.15) is 0 Å². The lowest BCUT2D eigenvalue weighted by molar-refractivity contribution is -0.131. The van der Waals surface area contributed by atoms with E-state index in [0.717, 1.165) is 17.1 Å². The van der Waals surface area contributed by atoms with E-state index >= 15 is 0 Å². The first-order chi connectivity index (χ1) is 13.5. The molecule has 0 aliphatic heterocycles. The number of ether oxygens (including phenoxy) is 2. The lowest BCUT2D eigenvalue weighted by Gasteiger charge is -2.15. The Labute approximate surface area is 170 Å². The largest absolute Gasteiger partial charge is 0.494 e. The van der Waals surface area contributed by atoms with Gasteiger partial charge in [0.25, 0.3) is 5.91 Å². The van der Waals surface area contributed by atoms with Crippen molar-refractivity contribution in [2.24, 2.45) is 0 Å². The van der Waals surface area contributed by atoms with Gasteiger partial charge in [-0.15, -0.1) is 11.8 Å². The summed E-state index contributed by atoms with van der Waals surface area (Å²) in [5.74, 6) is 1.58. The van der Waals surface area contributed by atoms with Crippen LogP contribution in [0.1, 0.15) is 25.0 Å². The monoisotopic (exact) mass is 402 g/mol. The average Bonchev–Trinajstić information content (AvgIpc) is 2.69. The van der Waals surface area contributed by atoms with E-state index in [-0.39, 0.29) is 11.7 Å². The smallest absolute Gasteiger partial charge is 0.279 e. The number of hydrazine groups is 1. The highest BCUT2D eigenvalue weighted by atomic mass is 32.2. The normalized spacial score (nSPS) is 11.4. The van der Waals surface area contributed by atoms with E-state index in [4.69, 9.17) is 9.47 Å². The molecule has 0 saturated carbocycles. The van der Waals surface area contributed by atoms with Gasteiger partial charge in [-0.05, 0) is 50.6 Å². The molecule has 0 saturated heterocycles. The number of benzene rings is 2. The van der Waals surface area contributed by atoms with Gasteiger partial charge >= 0.3 is 0 Å². The van der Waals surface area contributed by atoms with Crippen LogP contribution in [0.5, 0.6) is 11.5 Å². The van der Waals surface area contributed by atoms with Crippen LogP contribution in [0.3, 0.4) is 0 Å². The number of amides is 2. The van der Waals surface area contributed by atoms with Crippen molar-refractivity contribution in [3.05, 3.63) is 59.7 Å². The maximum atomic E-state index is 12.1. The Bertz CT molecular complexity index is 763. The lowest BCUT2D eigenvalue weighted by atomic mass is 10.2. The molecule has 0 heterocycles. The van der Waals surface area contributed by atoms with Gasteiger partial charge in [0.2, 0.25) is 5.91 Å². The minimum atomic E-state index is -0.751. The van der Waals surface area contributed by atoms with E-state index in [9.17, 15) is 9.59 Å². The molecule has 7 heteroatoms. The van der Waals surface area contributed by atoms with Crippen LogP contribution in [-0.2, 0) is 15.3 Å². The number of carbonyl (C=O) groups is 2. The lowest BCUT2D eigenvalue weighted by Crippen LogP contribution is -2.47. The van der Waals surface area contributed by atoms with Gasteiger partial charge in [0.05, 0.1) is 12.4 Å². The molecule has 0 spiro atoms. The number of nitrogens with one attached hydrogen (secondary N) is 2. The standard InChI is InChI=1S/C21H26N2O4S/c1-4-26-18-9-11-19(12-10-18)27-16(3)21(25)23-22-20(24)14-28-13-17-7-5-15(2)6-8-17/h5-12,16H,4,13-14H2,1-3H3,(H,22,24)(H,23,25)/t16-/m1/s1. The van der Waals surface area contributed by atoms with E-state index in [1.165, 1.54) is 17.3 Å². The zero-order valence-corrected chi connectivity index (χ0v) is 17.2. The van der Waals surface area contributed by atoms with E-state index in [1.54, 1.807) is 31.2 Å². The Kier molecular flexibility index (Phi) is 8.68. The van der Waals surface area contributed by atoms with E-state index < -0.39 is 12.0 Å². The molecular weight excluding hydrogens is 376 g/mol. The summed E-state index contributed by atoms with van der Waals surface area (Å²) in [7, 11) is 0. The quantitative estimate of drug-likeness (QED) is 0.630. The van der Waals surface area contributed by atoms with Gasteiger partial charge < -0.3 is 9.47 Å². The second-order valence-corrected chi connectivity index (χ2v) is 7.17. The number of hydrogen-bond donors (Lipinski definition) is 2. The summed E-state index contributed by atoms with van der Waals surface area (Å²) in [6, 6.07) is 15.2. The molecule has 0 aliphatic carbocycles. The summed E-state index contributed by atoms with van der Waals surface area (Å²) in [4.78, 5) is 23.9. The van der Waals surface area contributed by atoms with E-state index in [0.29, 0.717) is 12.4 Å². The van der Waals surface area contributed by atoms with Crippen molar-refractivity contribution in [2.45, 2.75) is 32.6 Å². The Morgan fingerprint density at radius 3 is 2.29 bits per heavy atom. The summed E-state index contributed by atoms with van der Waals surface area (Å²) < 4.78 is 10.9. The van der Waals surface area contributed by atoms with Gasteiger partial charge in [-0.3, -0.25) is 20.4 Å². The van der Waals surface area contributed by atoms with E-state index in [2.05, 4.69) is 10.9 Å². The topological polar surface area (TPSA) is 76.7 Å². The third-order valence-electron chi connectivity index (χ3n) is 3.76. The van der Waals surface area contributed by atoms with Crippen LogP contribution in [0.15, 0.2) is 48.5 Å². The first kappa shape index (κ1) is 21.6. The van der Waals surface area contributed by atoms with Crippen LogP contribution in [0, 0.1) is 6.92 Å². The fourth-order valence-electron chi connectivity index (χ4n) is 2.25. The van der Waals surface area contributed by atoms with Gasteiger partial charge in [0.1, 0.15) is 11.5 Å². The van der Waals surface area contributed by atoms with Gasteiger partial charge in [0, 0.05) is 5.75 Å². The summed E-state index contributed by atoms with van der Waals surface area (Å²) in [6.45, 7) is 6.14. The minimum Gasteiger partial charge on any atom is -0.494 e. The molecule has 6 nitrogen and oxygen atoms in total. The van der Waals surface area contributed by atoms with Crippen molar-refractivity contribution >= 4 is 23.6 Å². The number of carbonyl (C=O) groups excluding carboxylic acids is 2. The van der Waals surface area contributed by atoms with Crippen molar-refractivity contribution in [3.63, 3.8) is 0 Å². The maximum Gasteiger partial charge on any atom is 0.279 e. The SMILES string of the molecule is CCOc1ccc(O[C@H](C)C(=O)NNC(=O)CSCc2ccc(C)cc2)cc1. The van der Waals surface area contributed by atoms with Crippen LogP contribution in [0.2, 0.25) is 0 Å². The molecule has 0 fully saturated rings. The third kappa shape index (κ3) is 7.52. The molecule has 2 aromatic rings. The highest BCUT2D eigenvalue weighted by Gasteiger charge is 2.15. The van der Waals surface area contributed by atoms with Crippen LogP contribution in [-0.4, -0.2) is 30.3 Å². The highest BCUT2D eigenvalue weighted by Crippen LogP contribution is 2.18. The average molecular weight is 403 g/mol. The van der Waals surface area contributed by atoms with Crippen molar-refractivity contribution in [1.82, 2.24) is 10.9 Å². The van der Waals surface area contributed by atoms with Gasteiger partial charge in [-0.1, -0.05) is 29.8 Å². The molecule has 0 aliphatic rings. The van der Waals surface area contributed by atoms with Crippen LogP contribution >= 0.6 is 11.8 Å². The van der Waals surface area contributed by atoms with Gasteiger partial charge in [0.15, 0.2) is 6.10 Å². The summed E-state index contributed by atoms with van der Waals surface area (Å²) in [6.07, 6.45) is -0.751. The molecule has 28 heavy (non-hydrogen) atoms. The predicted molar refractivity (Wildman–Crippen MR) is 111 cm³/mol. The van der Waals surface area contributed by atoms with Crippen molar-refractivity contribution in [2.75, 3.05) is 12.4 Å². The van der Waals surface area contributed by atoms with Crippen LogP contribution < -0.4 is 20.3 Å². The summed E-state index contributed by atoms with van der Waals surface area (Å²) in [5.41, 5.74) is 7.16. The third-order valence-corrected chi connectivity index (χ3v) is 4.77. The molecule has 2 rings (SSSR count). The molecular formula is C21H26N2O4S. The van der Waals surface area contributed by atoms with Crippen LogP contribution in [0.25, 0.3) is 0 Å². The fraction of sp³-hybridized carbons (Fsp3) is 0.333. The predicted octanol–water partition coefficient (Wildman–Crippen LogP) is 3.24. The van der Waals surface area contributed by atoms with E-state index in [1.807, 2.05) is 38.1 Å². The molecule has 0 aromatic heterocycles. The van der Waals surface area contributed by atoms with Crippen molar-refractivity contribution in [1.29, 1.82) is 0 Å². The Morgan fingerprint density at radius 2 is 1.64 bits per heavy atom. The first-order valence-corrected chi connectivity index (χ1v) is 10.2. The first-order valence-electron chi connectivity index (χ1n) is 9.09. The molecule has 2 aromatic carbocycles. The summed E-state index contributed by atoms with van der Waals surface area (Å²) in [5, 5.41) is 0. The number of rotatable bonds is 9. The fourth-order valence-corrected chi connectivity index (χ4v) is 3.04. The van der Waals surface area contributed by atoms with Crippen molar-refractivity contribution in [3.8, 4) is 11.5 Å². The zero-order valence-electron chi connectivity index (χ0n) is 16.4. The number of aryl methyl sites for hydroxylation is 1. The molecule has 2 amide bonds. The second kappa shape index (κ2) is 11.2. The van der Waals surface area contributed by atoms with Gasteiger partial charge in [-0.25, -0.2) is 0 Å². The summed E-state index contributed by atoms with van der Waals surface area (Å²) >= 11 is 1.48.